The number of nitrogens with one attached hydrogen (secondary N) is 1. The van der Waals surface area contributed by atoms with Gasteiger partial charge in [0.15, 0.2) is 0 Å². The van der Waals surface area contributed by atoms with Crippen molar-refractivity contribution in [1.82, 2.24) is 15.1 Å². The molecule has 0 saturated carbocycles. The van der Waals surface area contributed by atoms with Crippen molar-refractivity contribution in [1.29, 1.82) is 0 Å². The summed E-state index contributed by atoms with van der Waals surface area (Å²) in [4.78, 5) is 12.4. The largest absolute Gasteiger partial charge is 0.498 e. The molecule has 2 unspecified atom stereocenters. The molecule has 2 aliphatic heterocycles. The summed E-state index contributed by atoms with van der Waals surface area (Å²) in [6, 6.07) is -0.174. The van der Waals surface area contributed by atoms with Gasteiger partial charge >= 0.3 is 13.1 Å². The Morgan fingerprint density at radius 1 is 1.30 bits per heavy atom. The number of esters is 1. The third kappa shape index (κ3) is 4.38. The molecule has 0 radical (unpaired) electrons. The molecular formula is C19H32BN3O4. The van der Waals surface area contributed by atoms with E-state index >= 15 is 0 Å². The standard InChI is InChI=1S/C19H32BN3O4/c1-17(2,3)25-16(24)15-10-14(8-9-21-15)23-12-13(11-22-23)20-26-18(4,5)19(6,7)27-20/h11-12,14-15,21H,8-10H2,1-7H3. The monoisotopic (exact) mass is 377 g/mol. The van der Waals surface area contributed by atoms with E-state index in [0.29, 0.717) is 6.42 Å². The molecule has 2 aliphatic rings. The first kappa shape index (κ1) is 20.4. The van der Waals surface area contributed by atoms with E-state index in [1.165, 1.54) is 0 Å². The summed E-state index contributed by atoms with van der Waals surface area (Å²) in [5.41, 5.74) is -0.338. The minimum Gasteiger partial charge on any atom is -0.459 e. The molecule has 1 aromatic rings. The second kappa shape index (κ2) is 6.90. The molecule has 27 heavy (non-hydrogen) atoms. The average Bonchev–Trinajstić information content (AvgIpc) is 3.09. The highest BCUT2D eigenvalue weighted by atomic mass is 16.7. The van der Waals surface area contributed by atoms with Gasteiger partial charge in [-0.3, -0.25) is 9.48 Å². The number of hydrogen-bond acceptors (Lipinski definition) is 6. The Morgan fingerprint density at radius 2 is 1.93 bits per heavy atom. The van der Waals surface area contributed by atoms with Gasteiger partial charge < -0.3 is 19.4 Å². The highest BCUT2D eigenvalue weighted by Crippen LogP contribution is 2.36. The van der Waals surface area contributed by atoms with Gasteiger partial charge in [0.25, 0.3) is 0 Å². The lowest BCUT2D eigenvalue weighted by atomic mass is 9.82. The van der Waals surface area contributed by atoms with Gasteiger partial charge in [0.05, 0.1) is 17.2 Å². The average molecular weight is 377 g/mol. The van der Waals surface area contributed by atoms with Crippen LogP contribution in [0.2, 0.25) is 0 Å². The summed E-state index contributed by atoms with van der Waals surface area (Å²) < 4.78 is 19.7. The molecule has 0 aromatic carbocycles. The van der Waals surface area contributed by atoms with Crippen molar-refractivity contribution < 1.29 is 18.8 Å². The van der Waals surface area contributed by atoms with Gasteiger partial charge in [-0.2, -0.15) is 5.10 Å². The Labute approximate surface area is 162 Å². The second-order valence-corrected chi connectivity index (χ2v) is 9.56. The molecule has 0 spiro atoms. The van der Waals surface area contributed by atoms with Crippen molar-refractivity contribution >= 4 is 18.6 Å². The molecule has 8 heteroatoms. The summed E-state index contributed by atoms with van der Waals surface area (Å²) in [6.07, 6.45) is 5.33. The summed E-state index contributed by atoms with van der Waals surface area (Å²) in [5.74, 6) is -0.203. The number of carbonyl (C=O) groups is 1. The number of aromatic nitrogens is 2. The number of nitrogens with zero attached hydrogens (tertiary/aromatic N) is 2. The van der Waals surface area contributed by atoms with E-state index in [1.807, 2.05) is 59.3 Å². The normalized spacial score (nSPS) is 27.6. The zero-order valence-electron chi connectivity index (χ0n) is 17.5. The quantitative estimate of drug-likeness (QED) is 0.640. The van der Waals surface area contributed by atoms with E-state index < -0.39 is 12.7 Å². The Morgan fingerprint density at radius 3 is 2.52 bits per heavy atom. The maximum absolute atomic E-state index is 12.4. The van der Waals surface area contributed by atoms with Gasteiger partial charge in [-0.15, -0.1) is 0 Å². The van der Waals surface area contributed by atoms with Gasteiger partial charge in [-0.1, -0.05) is 0 Å². The molecule has 7 nitrogen and oxygen atoms in total. The van der Waals surface area contributed by atoms with Crippen LogP contribution in [-0.4, -0.2) is 52.3 Å². The van der Waals surface area contributed by atoms with Crippen molar-refractivity contribution in [3.63, 3.8) is 0 Å². The summed E-state index contributed by atoms with van der Waals surface area (Å²) in [7, 11) is -0.424. The number of carbonyl (C=O) groups excluding carboxylic acids is 1. The molecule has 2 fully saturated rings. The predicted octanol–water partition coefficient (Wildman–Crippen LogP) is 1.82. The highest BCUT2D eigenvalue weighted by Gasteiger charge is 2.52. The molecule has 2 atom stereocenters. The van der Waals surface area contributed by atoms with Gasteiger partial charge in [-0.25, -0.2) is 0 Å². The van der Waals surface area contributed by atoms with E-state index in [4.69, 9.17) is 14.0 Å². The fraction of sp³-hybridized carbons (Fsp3) is 0.789. The van der Waals surface area contributed by atoms with E-state index in [9.17, 15) is 4.79 Å². The lowest BCUT2D eigenvalue weighted by molar-refractivity contribution is -0.158. The smallest absolute Gasteiger partial charge is 0.459 e. The first-order valence-electron chi connectivity index (χ1n) is 9.74. The molecule has 0 amide bonds. The van der Waals surface area contributed by atoms with Crippen molar-refractivity contribution in [2.24, 2.45) is 0 Å². The van der Waals surface area contributed by atoms with Crippen molar-refractivity contribution in [3.05, 3.63) is 12.4 Å². The molecule has 3 rings (SSSR count). The molecule has 1 aromatic heterocycles. The van der Waals surface area contributed by atoms with Crippen LogP contribution < -0.4 is 10.8 Å². The lowest BCUT2D eigenvalue weighted by Gasteiger charge is -2.32. The van der Waals surface area contributed by atoms with Crippen LogP contribution in [0.25, 0.3) is 0 Å². The molecule has 3 heterocycles. The van der Waals surface area contributed by atoms with Crippen LogP contribution in [0.5, 0.6) is 0 Å². The van der Waals surface area contributed by atoms with Gasteiger partial charge in [0.1, 0.15) is 11.6 Å². The third-order valence-electron chi connectivity index (χ3n) is 5.59. The number of hydrogen-bond donors (Lipinski definition) is 1. The Balaban J connectivity index is 1.67. The van der Waals surface area contributed by atoms with E-state index in [2.05, 4.69) is 10.4 Å². The summed E-state index contributed by atoms with van der Waals surface area (Å²) in [6.45, 7) is 14.6. The van der Waals surface area contributed by atoms with Crippen LogP contribution in [0.3, 0.4) is 0 Å². The Kier molecular flexibility index (Phi) is 5.20. The molecular weight excluding hydrogens is 345 g/mol. The lowest BCUT2D eigenvalue weighted by Crippen LogP contribution is -2.46. The van der Waals surface area contributed by atoms with Gasteiger partial charge in [-0.05, 0) is 67.9 Å². The van der Waals surface area contributed by atoms with Gasteiger partial charge in [0, 0.05) is 17.9 Å². The topological polar surface area (TPSA) is 74.6 Å². The van der Waals surface area contributed by atoms with Crippen molar-refractivity contribution in [2.75, 3.05) is 6.54 Å². The molecule has 0 bridgehead atoms. The molecule has 0 aliphatic carbocycles. The fourth-order valence-electron chi connectivity index (χ4n) is 3.34. The number of rotatable bonds is 3. The van der Waals surface area contributed by atoms with Crippen molar-refractivity contribution in [3.8, 4) is 0 Å². The third-order valence-corrected chi connectivity index (χ3v) is 5.59. The SMILES string of the molecule is CC(C)(C)OC(=O)C1CC(n2cc(B3OC(C)(C)C(C)(C)O3)cn2)CCN1. The Hall–Kier alpha value is -1.38. The maximum atomic E-state index is 12.4. The fourth-order valence-corrected chi connectivity index (χ4v) is 3.34. The predicted molar refractivity (Wildman–Crippen MR) is 104 cm³/mol. The van der Waals surface area contributed by atoms with E-state index in [0.717, 1.165) is 18.4 Å². The zero-order valence-corrected chi connectivity index (χ0v) is 17.5. The van der Waals surface area contributed by atoms with Crippen LogP contribution in [0.1, 0.15) is 67.3 Å². The highest BCUT2D eigenvalue weighted by molar-refractivity contribution is 6.62. The summed E-state index contributed by atoms with van der Waals surface area (Å²) in [5, 5.41) is 7.78. The molecule has 150 valence electrons. The first-order valence-corrected chi connectivity index (χ1v) is 9.74. The van der Waals surface area contributed by atoms with Crippen LogP contribution in [0.15, 0.2) is 12.4 Å². The zero-order chi connectivity index (χ0) is 20.0. The number of piperidine rings is 1. The molecule has 2 saturated heterocycles. The minimum absolute atomic E-state index is 0.139. The number of ether oxygens (including phenoxy) is 1. The van der Waals surface area contributed by atoms with Crippen LogP contribution >= 0.6 is 0 Å². The summed E-state index contributed by atoms with van der Waals surface area (Å²) >= 11 is 0. The van der Waals surface area contributed by atoms with Crippen LogP contribution in [-0.2, 0) is 18.8 Å². The van der Waals surface area contributed by atoms with E-state index in [-0.39, 0.29) is 29.3 Å². The molecule has 1 N–H and O–H groups in total. The van der Waals surface area contributed by atoms with Crippen LogP contribution in [0, 0.1) is 0 Å². The first-order chi connectivity index (χ1) is 12.4. The minimum atomic E-state index is -0.485. The van der Waals surface area contributed by atoms with Crippen LogP contribution in [0.4, 0.5) is 0 Å². The van der Waals surface area contributed by atoms with Gasteiger partial charge in [0.2, 0.25) is 0 Å². The van der Waals surface area contributed by atoms with Crippen molar-refractivity contribution in [2.45, 2.75) is 90.2 Å². The second-order valence-electron chi connectivity index (χ2n) is 9.56. The van der Waals surface area contributed by atoms with E-state index in [1.54, 1.807) is 6.20 Å². The maximum Gasteiger partial charge on any atom is 0.498 e. The Bertz CT molecular complexity index is 679.